The van der Waals surface area contributed by atoms with Gasteiger partial charge in [-0.2, -0.15) is 0 Å². The summed E-state index contributed by atoms with van der Waals surface area (Å²) in [6.07, 6.45) is 4.03. The summed E-state index contributed by atoms with van der Waals surface area (Å²) >= 11 is 2.22. The first kappa shape index (κ1) is 24.9. The van der Waals surface area contributed by atoms with Gasteiger partial charge in [0.2, 0.25) is 0 Å². The summed E-state index contributed by atoms with van der Waals surface area (Å²) in [5.41, 5.74) is 2.09. The number of nitrogens with one attached hydrogen (secondary N) is 2. The zero-order chi connectivity index (χ0) is 25.8. The van der Waals surface area contributed by atoms with Gasteiger partial charge in [-0.3, -0.25) is 9.65 Å². The van der Waals surface area contributed by atoms with E-state index in [0.717, 1.165) is 17.7 Å². The fourth-order valence-corrected chi connectivity index (χ4v) is 4.95. The Balaban J connectivity index is 1.42. The molecular weight excluding hydrogens is 614 g/mol. The average Bonchev–Trinajstić information content (AvgIpc) is 3.36. The molecule has 0 aliphatic rings. The van der Waals surface area contributed by atoms with Crippen LogP contribution < -0.4 is 10.6 Å². The molecule has 0 bridgehead atoms. The molecule has 3 aromatic heterocycles. The molecule has 0 fully saturated rings. The maximum absolute atomic E-state index is 15.3. The first-order chi connectivity index (χ1) is 18.0. The lowest BCUT2D eigenvalue weighted by molar-refractivity contribution is 0.155. The van der Waals surface area contributed by atoms with E-state index in [0.29, 0.717) is 28.8 Å². The summed E-state index contributed by atoms with van der Waals surface area (Å²) in [4.78, 5) is 29.6. The van der Waals surface area contributed by atoms with Crippen LogP contribution in [0, 0.1) is 11.6 Å². The van der Waals surface area contributed by atoms with Gasteiger partial charge in [0.05, 0.1) is 12.1 Å². The van der Waals surface area contributed by atoms with Crippen molar-refractivity contribution in [1.29, 1.82) is 0 Å². The Hall–Kier alpha value is -3.77. The largest absolute Gasteiger partial charge is 0.444 e. The van der Waals surface area contributed by atoms with Gasteiger partial charge < -0.3 is 10.1 Å². The Morgan fingerprint density at radius 3 is 2.68 bits per heavy atom. The maximum Gasteiger partial charge on any atom is 0.412 e. The molecule has 1 unspecified atom stereocenters. The molecule has 0 aliphatic heterocycles. The quantitative estimate of drug-likeness (QED) is 0.157. The van der Waals surface area contributed by atoms with Crippen LogP contribution in [-0.4, -0.2) is 30.4 Å². The Morgan fingerprint density at radius 2 is 1.86 bits per heavy atom. The van der Waals surface area contributed by atoms with Crippen LogP contribution in [0.3, 0.4) is 0 Å². The van der Waals surface area contributed by atoms with Gasteiger partial charge in [0.25, 0.3) is 0 Å². The average molecular weight is 631 g/mol. The summed E-state index contributed by atoms with van der Waals surface area (Å²) < 4.78 is 37.1. The van der Waals surface area contributed by atoms with E-state index < -0.39 is 23.4 Å². The Labute approximate surface area is 224 Å². The van der Waals surface area contributed by atoms with Gasteiger partial charge in [-0.15, -0.1) is 0 Å². The number of nitrogens with zero attached hydrogens (tertiary/aromatic N) is 5. The number of rotatable bonds is 7. The van der Waals surface area contributed by atoms with E-state index >= 15 is 4.39 Å². The molecule has 0 aliphatic carbocycles. The van der Waals surface area contributed by atoms with Crippen LogP contribution in [0.4, 0.5) is 30.8 Å². The molecule has 0 saturated heterocycles. The van der Waals surface area contributed by atoms with Gasteiger partial charge in [0.1, 0.15) is 47.8 Å². The standard InChI is InChI=1S/C24H17F2IN7O2P/c25-16-8-9-17(32-24(35)36-11-14-5-2-1-3-6-14)18(26)20(16)33-22-15(7-4-10-28-22)19-21-23(30-12-29-19)34(37-27)13-31-21/h1-10,12-13,37H,11H2,(H,28,33)(H,32,35). The van der Waals surface area contributed by atoms with Crippen LogP contribution in [-0.2, 0) is 11.3 Å². The van der Waals surface area contributed by atoms with Crippen LogP contribution in [0.25, 0.3) is 22.4 Å². The number of amides is 1. The summed E-state index contributed by atoms with van der Waals surface area (Å²) in [5.74, 6) is -1.74. The van der Waals surface area contributed by atoms with E-state index in [1.807, 2.05) is 22.5 Å². The minimum atomic E-state index is -1.02. The lowest BCUT2D eigenvalue weighted by Crippen LogP contribution is -2.15. The molecule has 1 atom stereocenters. The van der Waals surface area contributed by atoms with E-state index in [4.69, 9.17) is 4.74 Å². The minimum Gasteiger partial charge on any atom is -0.444 e. The van der Waals surface area contributed by atoms with Crippen LogP contribution in [0.15, 0.2) is 73.4 Å². The minimum absolute atomic E-state index is 0.000882. The van der Waals surface area contributed by atoms with Crippen LogP contribution in [0.2, 0.25) is 0 Å². The number of anilines is 3. The highest BCUT2D eigenvalue weighted by atomic mass is 127. The van der Waals surface area contributed by atoms with Gasteiger partial charge in [-0.25, -0.2) is 33.5 Å². The third-order valence-electron chi connectivity index (χ3n) is 5.27. The predicted octanol–water partition coefficient (Wildman–Crippen LogP) is 6.45. The zero-order valence-corrected chi connectivity index (χ0v) is 22.0. The molecule has 13 heteroatoms. The summed E-state index contributed by atoms with van der Waals surface area (Å²) in [6, 6.07) is 14.6. The summed E-state index contributed by atoms with van der Waals surface area (Å²) in [5, 5.41) is 5.03. The molecule has 0 saturated carbocycles. The molecular formula is C24H17F2IN7O2P. The Kier molecular flexibility index (Phi) is 7.47. The number of ether oxygens (including phenoxy) is 1. The van der Waals surface area contributed by atoms with Crippen molar-refractivity contribution < 1.29 is 18.3 Å². The molecule has 2 N–H and O–H groups in total. The molecule has 186 valence electrons. The van der Waals surface area contributed by atoms with Crippen molar-refractivity contribution in [2.45, 2.75) is 6.61 Å². The van der Waals surface area contributed by atoms with Crippen LogP contribution >= 0.6 is 28.4 Å². The van der Waals surface area contributed by atoms with Gasteiger partial charge >= 0.3 is 6.09 Å². The molecule has 0 radical (unpaired) electrons. The molecule has 3 heterocycles. The molecule has 1 amide bonds. The van der Waals surface area contributed by atoms with Crippen molar-refractivity contribution in [2.24, 2.45) is 0 Å². The summed E-state index contributed by atoms with van der Waals surface area (Å²) in [7, 11) is 0. The topological polar surface area (TPSA) is 107 Å². The third kappa shape index (κ3) is 5.35. The molecule has 0 spiro atoms. The van der Waals surface area contributed by atoms with Crippen LogP contribution in [0.5, 0.6) is 0 Å². The second kappa shape index (κ2) is 11.1. The number of hydrogen-bond acceptors (Lipinski definition) is 7. The summed E-state index contributed by atoms with van der Waals surface area (Å²) in [6.45, 7) is -0.000882. The predicted molar refractivity (Wildman–Crippen MR) is 146 cm³/mol. The molecule has 9 nitrogen and oxygen atoms in total. The normalized spacial score (nSPS) is 11.2. The van der Waals surface area contributed by atoms with E-state index in [2.05, 4.69) is 52.6 Å². The Morgan fingerprint density at radius 1 is 1.03 bits per heavy atom. The van der Waals surface area contributed by atoms with Crippen molar-refractivity contribution >= 4 is 62.9 Å². The molecule has 2 aromatic carbocycles. The number of pyridine rings is 1. The van der Waals surface area contributed by atoms with E-state index in [9.17, 15) is 9.18 Å². The number of imidazole rings is 1. The number of halogens is 3. The maximum atomic E-state index is 15.3. The highest BCUT2D eigenvalue weighted by Crippen LogP contribution is 2.35. The number of benzene rings is 2. The molecule has 5 aromatic rings. The van der Waals surface area contributed by atoms with E-state index in [1.54, 1.807) is 30.6 Å². The zero-order valence-electron chi connectivity index (χ0n) is 18.8. The van der Waals surface area contributed by atoms with Crippen molar-refractivity contribution in [3.8, 4) is 11.3 Å². The molecule has 5 rings (SSSR count). The highest BCUT2D eigenvalue weighted by molar-refractivity contribution is 14.2. The lowest BCUT2D eigenvalue weighted by atomic mass is 10.1. The van der Waals surface area contributed by atoms with Crippen molar-refractivity contribution in [3.63, 3.8) is 0 Å². The van der Waals surface area contributed by atoms with Gasteiger partial charge in [0, 0.05) is 11.8 Å². The second-order valence-electron chi connectivity index (χ2n) is 7.59. The smallest absolute Gasteiger partial charge is 0.412 e. The van der Waals surface area contributed by atoms with Crippen molar-refractivity contribution in [3.05, 3.63) is 90.6 Å². The first-order valence-electron chi connectivity index (χ1n) is 10.8. The number of carbonyl (C=O) groups is 1. The van der Waals surface area contributed by atoms with E-state index in [1.165, 1.54) is 12.5 Å². The lowest BCUT2D eigenvalue weighted by Gasteiger charge is -2.14. The van der Waals surface area contributed by atoms with Crippen molar-refractivity contribution in [1.82, 2.24) is 24.3 Å². The Bertz CT molecular complexity index is 1590. The second-order valence-corrected chi connectivity index (χ2v) is 9.69. The molecule has 37 heavy (non-hydrogen) atoms. The number of aromatic nitrogens is 5. The SMILES string of the molecule is O=C(Nc1ccc(F)c(Nc2ncccc2-c2ncnc3c2ncn3PI)c1F)OCc1ccccc1. The van der Waals surface area contributed by atoms with E-state index in [-0.39, 0.29) is 18.1 Å². The third-order valence-corrected chi connectivity index (χ3v) is 7.34. The monoisotopic (exact) mass is 631 g/mol. The van der Waals surface area contributed by atoms with Gasteiger partial charge in [-0.05, 0) is 51.9 Å². The first-order valence-corrected chi connectivity index (χ1v) is 14.8. The fraction of sp³-hybridized carbons (Fsp3) is 0.0417. The van der Waals surface area contributed by atoms with Crippen LogP contribution in [0.1, 0.15) is 5.56 Å². The van der Waals surface area contributed by atoms with Gasteiger partial charge in [0.15, 0.2) is 11.5 Å². The van der Waals surface area contributed by atoms with Crippen molar-refractivity contribution in [2.75, 3.05) is 10.6 Å². The van der Waals surface area contributed by atoms with Gasteiger partial charge in [-0.1, -0.05) is 30.3 Å². The fourth-order valence-electron chi connectivity index (χ4n) is 3.54. The number of fused-ring (bicyclic) bond motifs is 1. The number of hydrogen-bond donors (Lipinski definition) is 2. The number of carbonyl (C=O) groups excluding carboxylic acids is 1. The highest BCUT2D eigenvalue weighted by Gasteiger charge is 2.20.